The molecule has 5 nitrogen and oxygen atoms in total. The number of aliphatic carboxylic acids is 1. The fourth-order valence-electron chi connectivity index (χ4n) is 2.57. The minimum absolute atomic E-state index is 0.0616. The van der Waals surface area contributed by atoms with E-state index in [4.69, 9.17) is 5.11 Å². The first-order valence-electron chi connectivity index (χ1n) is 7.03. The molecular formula is C15H19FN2O3. The van der Waals surface area contributed by atoms with E-state index in [1.807, 2.05) is 0 Å². The Morgan fingerprint density at radius 1 is 1.24 bits per heavy atom. The number of halogens is 1. The first-order chi connectivity index (χ1) is 9.97. The fraction of sp³-hybridized carbons (Fsp3) is 0.467. The van der Waals surface area contributed by atoms with Crippen molar-refractivity contribution in [3.8, 4) is 0 Å². The predicted molar refractivity (Wildman–Crippen MR) is 76.7 cm³/mol. The summed E-state index contributed by atoms with van der Waals surface area (Å²) in [7, 11) is 0. The van der Waals surface area contributed by atoms with Crippen LogP contribution in [0, 0.1) is 18.7 Å². The summed E-state index contributed by atoms with van der Waals surface area (Å²) in [6.45, 7) is 1.63. The third-order valence-electron chi connectivity index (χ3n) is 3.85. The molecule has 114 valence electrons. The quantitative estimate of drug-likeness (QED) is 0.802. The van der Waals surface area contributed by atoms with Crippen LogP contribution in [-0.2, 0) is 4.79 Å². The predicted octanol–water partition coefficient (Wildman–Crippen LogP) is 2.90. The third-order valence-corrected chi connectivity index (χ3v) is 3.85. The van der Waals surface area contributed by atoms with E-state index in [2.05, 4.69) is 10.6 Å². The number of amides is 2. The Balaban J connectivity index is 1.86. The van der Waals surface area contributed by atoms with Crippen LogP contribution in [0.1, 0.15) is 31.2 Å². The molecule has 1 saturated carbocycles. The van der Waals surface area contributed by atoms with Crippen LogP contribution in [0.2, 0.25) is 0 Å². The molecule has 1 aliphatic rings. The third kappa shape index (κ3) is 3.93. The summed E-state index contributed by atoms with van der Waals surface area (Å²) in [4.78, 5) is 22.7. The average Bonchev–Trinajstić information content (AvgIpc) is 2.44. The number of carboxylic acid groups (broad SMARTS) is 1. The lowest BCUT2D eigenvalue weighted by Crippen LogP contribution is -2.41. The minimum Gasteiger partial charge on any atom is -0.481 e. The molecule has 0 saturated heterocycles. The monoisotopic (exact) mass is 294 g/mol. The second-order valence-corrected chi connectivity index (χ2v) is 5.42. The van der Waals surface area contributed by atoms with Crippen molar-refractivity contribution < 1.29 is 19.1 Å². The van der Waals surface area contributed by atoms with E-state index in [-0.39, 0.29) is 17.6 Å². The Bertz CT molecular complexity index is 540. The van der Waals surface area contributed by atoms with Gasteiger partial charge in [0.15, 0.2) is 0 Å². The Kier molecular flexibility index (Phi) is 4.77. The Morgan fingerprint density at radius 3 is 2.52 bits per heavy atom. The van der Waals surface area contributed by atoms with Crippen LogP contribution in [0.15, 0.2) is 18.2 Å². The van der Waals surface area contributed by atoms with Gasteiger partial charge in [0, 0.05) is 6.04 Å². The van der Waals surface area contributed by atoms with Crippen LogP contribution >= 0.6 is 0 Å². The van der Waals surface area contributed by atoms with E-state index in [0.29, 0.717) is 31.2 Å². The number of hydrogen-bond acceptors (Lipinski definition) is 2. The van der Waals surface area contributed by atoms with E-state index < -0.39 is 17.8 Å². The molecule has 0 bridgehead atoms. The van der Waals surface area contributed by atoms with Crippen molar-refractivity contribution in [1.82, 2.24) is 5.32 Å². The number of anilines is 1. The molecule has 1 aromatic carbocycles. The van der Waals surface area contributed by atoms with E-state index in [1.165, 1.54) is 6.07 Å². The molecule has 1 aromatic rings. The summed E-state index contributed by atoms with van der Waals surface area (Å²) >= 11 is 0. The van der Waals surface area contributed by atoms with Gasteiger partial charge in [0.05, 0.1) is 11.6 Å². The van der Waals surface area contributed by atoms with Crippen molar-refractivity contribution in [2.45, 2.75) is 38.6 Å². The highest BCUT2D eigenvalue weighted by Crippen LogP contribution is 2.24. The summed E-state index contributed by atoms with van der Waals surface area (Å²) in [5.74, 6) is -1.54. The first-order valence-corrected chi connectivity index (χ1v) is 7.03. The molecule has 0 aliphatic heterocycles. The SMILES string of the molecule is Cc1cccc(NC(=O)NC2CCC(C(=O)O)CC2)c1F. The van der Waals surface area contributed by atoms with Crippen molar-refractivity contribution in [2.75, 3.05) is 5.32 Å². The molecule has 2 rings (SSSR count). The largest absolute Gasteiger partial charge is 0.481 e. The van der Waals surface area contributed by atoms with Gasteiger partial charge in [0.25, 0.3) is 0 Å². The van der Waals surface area contributed by atoms with Gasteiger partial charge in [0.2, 0.25) is 0 Å². The second-order valence-electron chi connectivity index (χ2n) is 5.42. The minimum atomic E-state index is -0.778. The maximum Gasteiger partial charge on any atom is 0.319 e. The van der Waals surface area contributed by atoms with Gasteiger partial charge < -0.3 is 15.7 Å². The number of benzene rings is 1. The van der Waals surface area contributed by atoms with Crippen molar-refractivity contribution >= 4 is 17.7 Å². The van der Waals surface area contributed by atoms with Gasteiger partial charge in [-0.3, -0.25) is 4.79 Å². The Morgan fingerprint density at radius 2 is 1.90 bits per heavy atom. The van der Waals surface area contributed by atoms with Gasteiger partial charge in [0.1, 0.15) is 5.82 Å². The van der Waals surface area contributed by atoms with Crippen LogP contribution in [-0.4, -0.2) is 23.1 Å². The summed E-state index contributed by atoms with van der Waals surface area (Å²) in [5.41, 5.74) is 0.612. The number of urea groups is 1. The van der Waals surface area contributed by atoms with Crippen molar-refractivity contribution in [1.29, 1.82) is 0 Å². The number of carbonyl (C=O) groups excluding carboxylic acids is 1. The lowest BCUT2D eigenvalue weighted by molar-refractivity contribution is -0.142. The standard InChI is InChI=1S/C15H19FN2O3/c1-9-3-2-4-12(13(9)16)18-15(21)17-11-7-5-10(6-8-11)14(19)20/h2-4,10-11H,5-8H2,1H3,(H,19,20)(H2,17,18,21). The highest BCUT2D eigenvalue weighted by Gasteiger charge is 2.26. The number of carboxylic acids is 1. The van der Waals surface area contributed by atoms with Crippen LogP contribution in [0.5, 0.6) is 0 Å². The van der Waals surface area contributed by atoms with E-state index >= 15 is 0 Å². The molecule has 3 N–H and O–H groups in total. The lowest BCUT2D eigenvalue weighted by Gasteiger charge is -2.26. The molecule has 0 atom stereocenters. The highest BCUT2D eigenvalue weighted by molar-refractivity contribution is 5.89. The molecule has 0 heterocycles. The smallest absolute Gasteiger partial charge is 0.319 e. The molecule has 21 heavy (non-hydrogen) atoms. The maximum atomic E-state index is 13.8. The number of hydrogen-bond donors (Lipinski definition) is 3. The summed E-state index contributed by atoms with van der Waals surface area (Å²) < 4.78 is 13.8. The van der Waals surface area contributed by atoms with Crippen LogP contribution in [0.3, 0.4) is 0 Å². The Labute approximate surface area is 122 Å². The summed E-state index contributed by atoms with van der Waals surface area (Å²) in [6.07, 6.45) is 2.36. The van der Waals surface area contributed by atoms with Crippen LogP contribution in [0.4, 0.5) is 14.9 Å². The van der Waals surface area contributed by atoms with E-state index in [1.54, 1.807) is 19.1 Å². The van der Waals surface area contributed by atoms with Crippen molar-refractivity contribution in [3.63, 3.8) is 0 Å². The normalized spacial score (nSPS) is 21.6. The summed E-state index contributed by atoms with van der Waals surface area (Å²) in [6, 6.07) is 4.28. The fourth-order valence-corrected chi connectivity index (χ4v) is 2.57. The van der Waals surface area contributed by atoms with E-state index in [0.717, 1.165) is 0 Å². The van der Waals surface area contributed by atoms with Gasteiger partial charge in [-0.05, 0) is 44.2 Å². The van der Waals surface area contributed by atoms with Crippen LogP contribution < -0.4 is 10.6 Å². The number of carbonyl (C=O) groups is 2. The second kappa shape index (κ2) is 6.56. The molecule has 2 amide bonds. The van der Waals surface area contributed by atoms with Crippen molar-refractivity contribution in [3.05, 3.63) is 29.6 Å². The molecule has 0 aromatic heterocycles. The number of rotatable bonds is 3. The molecule has 0 spiro atoms. The molecule has 0 unspecified atom stereocenters. The average molecular weight is 294 g/mol. The maximum absolute atomic E-state index is 13.8. The van der Waals surface area contributed by atoms with Gasteiger partial charge in [-0.2, -0.15) is 0 Å². The molecule has 1 aliphatic carbocycles. The lowest BCUT2D eigenvalue weighted by atomic mass is 9.86. The number of aryl methyl sites for hydroxylation is 1. The zero-order chi connectivity index (χ0) is 15.4. The number of nitrogens with one attached hydrogen (secondary N) is 2. The van der Waals surface area contributed by atoms with E-state index in [9.17, 15) is 14.0 Å². The zero-order valence-corrected chi connectivity index (χ0v) is 11.9. The first kappa shape index (κ1) is 15.3. The molecule has 6 heteroatoms. The molecule has 0 radical (unpaired) electrons. The Hall–Kier alpha value is -2.11. The van der Waals surface area contributed by atoms with Gasteiger partial charge >= 0.3 is 12.0 Å². The molecule has 1 fully saturated rings. The summed E-state index contributed by atoms with van der Waals surface area (Å²) in [5, 5.41) is 14.2. The zero-order valence-electron chi connectivity index (χ0n) is 11.9. The van der Waals surface area contributed by atoms with Crippen LogP contribution in [0.25, 0.3) is 0 Å². The van der Waals surface area contributed by atoms with Gasteiger partial charge in [-0.1, -0.05) is 12.1 Å². The van der Waals surface area contributed by atoms with Crippen molar-refractivity contribution in [2.24, 2.45) is 5.92 Å². The topological polar surface area (TPSA) is 78.4 Å². The highest BCUT2D eigenvalue weighted by atomic mass is 19.1. The molecular weight excluding hydrogens is 275 g/mol. The van der Waals surface area contributed by atoms with Gasteiger partial charge in [-0.15, -0.1) is 0 Å². The van der Waals surface area contributed by atoms with Gasteiger partial charge in [-0.25, -0.2) is 9.18 Å².